The Hall–Kier alpha value is -3.26. The lowest BCUT2D eigenvalue weighted by atomic mass is 10.2. The lowest BCUT2D eigenvalue weighted by molar-refractivity contribution is -0.384. The number of non-ortho nitro benzene ring substituents is 1. The van der Waals surface area contributed by atoms with Crippen LogP contribution in [-0.4, -0.2) is 4.92 Å². The van der Waals surface area contributed by atoms with Crippen LogP contribution in [0.15, 0.2) is 60.7 Å². The number of hydrogen-bond acceptors (Lipinski definition) is 6. The molecule has 0 saturated carbocycles. The number of rotatable bonds is 5. The van der Waals surface area contributed by atoms with Crippen LogP contribution < -0.4 is 5.73 Å². The number of nitrogen functional groups attached to an aromatic ring is 1. The summed E-state index contributed by atoms with van der Waals surface area (Å²) in [4.78, 5) is 12.8. The summed E-state index contributed by atoms with van der Waals surface area (Å²) in [6.45, 7) is 0. The molecule has 0 amide bonds. The van der Waals surface area contributed by atoms with E-state index in [1.54, 1.807) is 23.5 Å². The zero-order valence-electron chi connectivity index (χ0n) is 16.1. The van der Waals surface area contributed by atoms with Crippen molar-refractivity contribution in [2.75, 3.05) is 5.73 Å². The largest absolute Gasteiger partial charge is 0.399 e. The van der Waals surface area contributed by atoms with E-state index >= 15 is 0 Å². The van der Waals surface area contributed by atoms with Gasteiger partial charge in [0.25, 0.3) is 5.69 Å². The van der Waals surface area contributed by atoms with Crippen molar-refractivity contribution in [3.63, 3.8) is 0 Å². The van der Waals surface area contributed by atoms with Crippen LogP contribution in [0.25, 0.3) is 43.1 Å². The van der Waals surface area contributed by atoms with E-state index in [1.165, 1.54) is 40.7 Å². The molecule has 2 N–H and O–H groups in total. The molecule has 152 valence electrons. The first-order chi connectivity index (χ1) is 15.0. The summed E-state index contributed by atoms with van der Waals surface area (Å²) in [7, 11) is 0. The molecular formula is C24H16N2O2S3. The van der Waals surface area contributed by atoms with Gasteiger partial charge in [-0.1, -0.05) is 24.3 Å². The lowest BCUT2D eigenvalue weighted by Gasteiger charge is -1.93. The topological polar surface area (TPSA) is 69.2 Å². The molecule has 5 rings (SSSR count). The normalized spacial score (nSPS) is 12.0. The second-order valence-electron chi connectivity index (χ2n) is 6.97. The maximum absolute atomic E-state index is 10.8. The molecule has 0 radical (unpaired) electrons. The zero-order chi connectivity index (χ0) is 21.4. The number of nitrogens with two attached hydrogens (primary N) is 1. The van der Waals surface area contributed by atoms with Gasteiger partial charge in [-0.25, -0.2) is 0 Å². The van der Waals surface area contributed by atoms with Gasteiger partial charge in [-0.15, -0.1) is 34.0 Å². The maximum atomic E-state index is 10.8. The van der Waals surface area contributed by atoms with Gasteiger partial charge in [-0.05, 0) is 59.7 Å². The van der Waals surface area contributed by atoms with Crippen LogP contribution in [0.4, 0.5) is 11.4 Å². The molecule has 3 heterocycles. The van der Waals surface area contributed by atoms with Gasteiger partial charge in [0, 0.05) is 37.0 Å². The van der Waals surface area contributed by atoms with Gasteiger partial charge in [0.1, 0.15) is 0 Å². The zero-order valence-corrected chi connectivity index (χ0v) is 18.6. The molecule has 0 spiro atoms. The van der Waals surface area contributed by atoms with E-state index in [9.17, 15) is 10.1 Å². The summed E-state index contributed by atoms with van der Waals surface area (Å²) < 4.78 is 5.26. The van der Waals surface area contributed by atoms with Crippen LogP contribution in [0.1, 0.15) is 20.9 Å². The average Bonchev–Trinajstić information content (AvgIpc) is 3.42. The third-order valence-corrected chi connectivity index (χ3v) is 8.49. The maximum Gasteiger partial charge on any atom is 0.269 e. The molecule has 31 heavy (non-hydrogen) atoms. The SMILES string of the molecule is Nc1ccc(/C=C/c2cc3sc4cc(/C=C/c5ccc([N+](=O)[O-])cc5)sc4c3s2)cc1. The number of hydrogen-bond donors (Lipinski definition) is 1. The van der Waals surface area contributed by atoms with Crippen molar-refractivity contribution < 1.29 is 4.92 Å². The van der Waals surface area contributed by atoms with Gasteiger partial charge in [0.05, 0.1) is 14.3 Å². The molecule has 5 aromatic rings. The Morgan fingerprint density at radius 1 is 0.710 bits per heavy atom. The van der Waals surface area contributed by atoms with E-state index in [4.69, 9.17) is 5.73 Å². The van der Waals surface area contributed by atoms with Crippen LogP contribution in [0.2, 0.25) is 0 Å². The highest BCUT2D eigenvalue weighted by Gasteiger charge is 2.11. The van der Waals surface area contributed by atoms with Crippen molar-refractivity contribution in [1.82, 2.24) is 0 Å². The lowest BCUT2D eigenvalue weighted by Crippen LogP contribution is -1.86. The average molecular weight is 461 g/mol. The first-order valence-corrected chi connectivity index (χ1v) is 11.9. The van der Waals surface area contributed by atoms with Gasteiger partial charge < -0.3 is 5.73 Å². The molecule has 2 aromatic carbocycles. The second kappa shape index (κ2) is 8.11. The fourth-order valence-corrected chi connectivity index (χ4v) is 7.05. The third kappa shape index (κ3) is 4.16. The number of fused-ring (bicyclic) bond motifs is 3. The van der Waals surface area contributed by atoms with Crippen molar-refractivity contribution in [2.45, 2.75) is 0 Å². The van der Waals surface area contributed by atoms with Crippen LogP contribution in [0, 0.1) is 10.1 Å². The van der Waals surface area contributed by atoms with Crippen molar-refractivity contribution >= 4 is 88.5 Å². The summed E-state index contributed by atoms with van der Waals surface area (Å²) in [6, 6.07) is 18.9. The molecule has 7 heteroatoms. The van der Waals surface area contributed by atoms with E-state index in [0.29, 0.717) is 0 Å². The van der Waals surface area contributed by atoms with Gasteiger partial charge in [0.15, 0.2) is 0 Å². The van der Waals surface area contributed by atoms with E-state index in [0.717, 1.165) is 16.8 Å². The molecule has 4 nitrogen and oxygen atoms in total. The molecule has 3 aromatic heterocycles. The van der Waals surface area contributed by atoms with Gasteiger partial charge in [-0.3, -0.25) is 10.1 Å². The van der Waals surface area contributed by atoms with Crippen molar-refractivity contribution in [3.8, 4) is 0 Å². The summed E-state index contributed by atoms with van der Waals surface area (Å²) in [5.41, 5.74) is 8.70. The van der Waals surface area contributed by atoms with E-state index < -0.39 is 0 Å². The minimum Gasteiger partial charge on any atom is -0.399 e. The molecule has 0 saturated heterocycles. The Morgan fingerprint density at radius 2 is 1.19 bits per heavy atom. The Balaban J connectivity index is 1.38. The first-order valence-electron chi connectivity index (χ1n) is 9.47. The second-order valence-corrected chi connectivity index (χ2v) is 10.2. The fourth-order valence-electron chi connectivity index (χ4n) is 3.21. The molecular weight excluding hydrogens is 444 g/mol. The Labute approximate surface area is 190 Å². The Kier molecular flexibility index (Phi) is 5.15. The fraction of sp³-hybridized carbons (Fsp3) is 0. The Morgan fingerprint density at radius 3 is 1.68 bits per heavy atom. The van der Waals surface area contributed by atoms with E-state index in [1.807, 2.05) is 53.0 Å². The monoisotopic (exact) mass is 460 g/mol. The molecule has 0 fully saturated rings. The van der Waals surface area contributed by atoms with Gasteiger partial charge in [0.2, 0.25) is 0 Å². The molecule has 0 unspecified atom stereocenters. The van der Waals surface area contributed by atoms with Crippen LogP contribution >= 0.6 is 34.0 Å². The van der Waals surface area contributed by atoms with Crippen LogP contribution in [-0.2, 0) is 0 Å². The van der Waals surface area contributed by atoms with Crippen LogP contribution in [0.5, 0.6) is 0 Å². The van der Waals surface area contributed by atoms with Crippen molar-refractivity contribution in [2.24, 2.45) is 0 Å². The number of nitro benzene ring substituents is 1. The third-order valence-electron chi connectivity index (χ3n) is 4.78. The van der Waals surface area contributed by atoms with Crippen LogP contribution in [0.3, 0.4) is 0 Å². The highest BCUT2D eigenvalue weighted by molar-refractivity contribution is 7.38. The predicted molar refractivity (Wildman–Crippen MR) is 137 cm³/mol. The molecule has 0 aliphatic carbocycles. The summed E-state index contributed by atoms with van der Waals surface area (Å²) in [5, 5.41) is 10.8. The van der Waals surface area contributed by atoms with Gasteiger partial charge >= 0.3 is 0 Å². The molecule has 0 aliphatic heterocycles. The number of thiophene rings is 3. The Bertz CT molecular complexity index is 1450. The molecule has 0 atom stereocenters. The van der Waals surface area contributed by atoms with Crippen molar-refractivity contribution in [1.29, 1.82) is 0 Å². The van der Waals surface area contributed by atoms with E-state index in [-0.39, 0.29) is 10.6 Å². The minimum atomic E-state index is -0.383. The quantitative estimate of drug-likeness (QED) is 0.164. The first kappa shape index (κ1) is 19.7. The number of nitro groups is 1. The van der Waals surface area contributed by atoms with E-state index in [2.05, 4.69) is 30.4 Å². The predicted octanol–water partition coefficient (Wildman–Crippen LogP) is 8.01. The standard InChI is InChI=1S/C24H16N2O2S3/c25-17-7-1-15(2-8-17)5-11-19-13-21-23(29-19)24-22(31-21)14-20(30-24)12-6-16-3-9-18(10-4-16)26(27)28/h1-14H,25H2/b11-5+,12-6+. The summed E-state index contributed by atoms with van der Waals surface area (Å²) >= 11 is 5.40. The molecule has 0 aliphatic rings. The highest BCUT2D eigenvalue weighted by atomic mass is 32.1. The summed E-state index contributed by atoms with van der Waals surface area (Å²) in [6.07, 6.45) is 8.32. The number of nitrogens with zero attached hydrogens (tertiary/aromatic N) is 1. The van der Waals surface area contributed by atoms with Crippen molar-refractivity contribution in [3.05, 3.63) is 91.7 Å². The smallest absolute Gasteiger partial charge is 0.269 e. The molecule has 0 bridgehead atoms. The summed E-state index contributed by atoms with van der Waals surface area (Å²) in [5.74, 6) is 0. The number of benzene rings is 2. The number of anilines is 1. The minimum absolute atomic E-state index is 0.107. The van der Waals surface area contributed by atoms with Gasteiger partial charge in [-0.2, -0.15) is 0 Å². The highest BCUT2D eigenvalue weighted by Crippen LogP contribution is 2.44.